The molecule has 0 amide bonds. The summed E-state index contributed by atoms with van der Waals surface area (Å²) in [6.45, 7) is 0. The number of hydroxylamine groups is 1. The summed E-state index contributed by atoms with van der Waals surface area (Å²) in [5, 5.41) is 1.41. The van der Waals surface area contributed by atoms with Gasteiger partial charge in [0, 0.05) is 0 Å². The van der Waals surface area contributed by atoms with E-state index in [-0.39, 0.29) is 5.78 Å². The predicted octanol–water partition coefficient (Wildman–Crippen LogP) is 0.124. The van der Waals surface area contributed by atoms with Gasteiger partial charge in [-0.3, -0.25) is 4.79 Å². The smallest absolute Gasteiger partial charge is 0.418 e. The Labute approximate surface area is 130 Å². The molecule has 1 fully saturated rings. The number of amidine groups is 1. The monoisotopic (exact) mass is 339 g/mol. The third-order valence-electron chi connectivity index (χ3n) is 2.59. The van der Waals surface area contributed by atoms with E-state index in [1.807, 2.05) is 43.7 Å². The van der Waals surface area contributed by atoms with Gasteiger partial charge in [-0.1, -0.05) is 6.08 Å². The van der Waals surface area contributed by atoms with Crippen molar-refractivity contribution in [2.45, 2.75) is 6.04 Å². The van der Waals surface area contributed by atoms with Gasteiger partial charge in [0.2, 0.25) is 0 Å². The lowest BCUT2D eigenvalue weighted by atomic mass is 10.1. The Morgan fingerprint density at radius 2 is 1.91 bits per heavy atom. The Bertz CT molecular complexity index is 537. The number of ketones is 1. The number of carbonyl (C=O) groups is 1. The molecule has 1 aliphatic heterocycles. The molecule has 0 aromatic carbocycles. The van der Waals surface area contributed by atoms with Crippen LogP contribution in [0.25, 0.3) is 0 Å². The number of fused-ring (bicyclic) bond motifs is 1. The maximum Gasteiger partial charge on any atom is 0.673 e. The number of allylic oxidation sites excluding steroid dienone is 2. The van der Waals surface area contributed by atoms with E-state index in [0.29, 0.717) is 6.02 Å². The lowest BCUT2D eigenvalue weighted by Gasteiger charge is -2.21. The number of carbonyl (C=O) groups excluding carboxylic acids is 1. The zero-order valence-corrected chi connectivity index (χ0v) is 13.1. The van der Waals surface area contributed by atoms with Gasteiger partial charge >= 0.3 is 13.3 Å². The summed E-state index contributed by atoms with van der Waals surface area (Å²) in [6, 6.07) is 0.151. The summed E-state index contributed by atoms with van der Waals surface area (Å²) in [5.41, 5.74) is 6.52. The summed E-state index contributed by atoms with van der Waals surface area (Å²) >= 11 is 0. The average Bonchev–Trinajstić information content (AvgIpc) is 2.77. The zero-order valence-electron chi connectivity index (χ0n) is 13.1. The number of hydrogen-bond acceptors (Lipinski definition) is 5. The molecule has 1 heterocycles. The summed E-state index contributed by atoms with van der Waals surface area (Å²) < 4.78 is 40.8. The van der Waals surface area contributed by atoms with Gasteiger partial charge in [0.15, 0.2) is 11.8 Å². The van der Waals surface area contributed by atoms with Gasteiger partial charge in [-0.2, -0.15) is 0 Å². The Morgan fingerprint density at radius 3 is 2.39 bits per heavy atom. The van der Waals surface area contributed by atoms with Crippen molar-refractivity contribution in [3.05, 3.63) is 23.9 Å². The summed E-state index contributed by atoms with van der Waals surface area (Å²) in [4.78, 5) is 19.4. The van der Waals surface area contributed by atoms with Crippen molar-refractivity contribution in [3.8, 4) is 0 Å². The first-order valence-electron chi connectivity index (χ1n) is 6.50. The van der Waals surface area contributed by atoms with Crippen LogP contribution in [-0.4, -0.2) is 67.9 Å². The normalized spacial score (nSPS) is 19.9. The lowest BCUT2D eigenvalue weighted by molar-refractivity contribution is -0.487. The number of halogens is 4. The van der Waals surface area contributed by atoms with Crippen molar-refractivity contribution in [2.24, 2.45) is 0 Å². The molecule has 130 valence electrons. The van der Waals surface area contributed by atoms with Gasteiger partial charge in [-0.25, -0.2) is 9.48 Å². The molecule has 0 aromatic heterocycles. The number of rotatable bonds is 1. The molecule has 1 saturated heterocycles. The summed E-state index contributed by atoms with van der Waals surface area (Å²) in [5.74, 6) is -0.0261. The molecule has 2 N–H and O–H groups in total. The van der Waals surface area contributed by atoms with Crippen LogP contribution < -0.4 is 11.0 Å². The topological polar surface area (TPSA) is 59.9 Å². The van der Waals surface area contributed by atoms with Gasteiger partial charge in [0.05, 0.1) is 33.9 Å². The molecule has 0 saturated carbocycles. The van der Waals surface area contributed by atoms with Crippen molar-refractivity contribution in [3.63, 3.8) is 0 Å². The highest BCUT2D eigenvalue weighted by atomic mass is 19.5. The first-order chi connectivity index (χ1) is 10.5. The van der Waals surface area contributed by atoms with Crippen molar-refractivity contribution in [1.29, 1.82) is 0 Å². The fraction of sp³-hybridized carbons (Fsp3) is 0.455. The highest BCUT2D eigenvalue weighted by Gasteiger charge is 2.39. The van der Waals surface area contributed by atoms with E-state index >= 15 is 0 Å². The molecule has 0 aromatic rings. The Hall–Kier alpha value is -2.08. The molecule has 1 atom stereocenters. The van der Waals surface area contributed by atoms with Crippen LogP contribution in [0.1, 0.15) is 0 Å². The fourth-order valence-corrected chi connectivity index (χ4v) is 1.85. The Kier molecular flexibility index (Phi) is 6.16. The van der Waals surface area contributed by atoms with Crippen LogP contribution in [0.5, 0.6) is 0 Å². The number of nitrogens with one attached hydrogen (secondary N) is 2. The van der Waals surface area contributed by atoms with Crippen molar-refractivity contribution in [2.75, 3.05) is 28.2 Å². The maximum absolute atomic E-state index is 11.8. The molecule has 0 spiro atoms. The van der Waals surface area contributed by atoms with E-state index in [9.17, 15) is 22.1 Å². The first-order valence-corrected chi connectivity index (χ1v) is 6.50. The van der Waals surface area contributed by atoms with Crippen molar-refractivity contribution >= 4 is 19.1 Å². The van der Waals surface area contributed by atoms with Gasteiger partial charge in [-0.05, 0) is 17.3 Å². The van der Waals surface area contributed by atoms with Crippen molar-refractivity contribution < 1.29 is 31.5 Å². The van der Waals surface area contributed by atoms with Gasteiger partial charge in [-0.15, -0.1) is 5.53 Å². The van der Waals surface area contributed by atoms with Gasteiger partial charge in [0.25, 0.3) is 0 Å². The van der Waals surface area contributed by atoms with Crippen LogP contribution in [0.4, 0.5) is 17.3 Å². The van der Waals surface area contributed by atoms with Crippen LogP contribution in [-0.2, 0) is 9.63 Å². The van der Waals surface area contributed by atoms with Crippen LogP contribution in [0.2, 0.25) is 0 Å². The number of hydrazine groups is 2. The molecular formula is C11H18BF4N5O2. The standard InChI is InChI=1S/C11H17N5O2.BF4/c1-14(2)11(15(3)4)18-16-10-8(12-13-16)6-5-7-9(10)17;2-1(3,4)5/h5-7,10,13H,1-4H3;/q;-1/p+1. The van der Waals surface area contributed by atoms with Crippen LogP contribution in [0.3, 0.4) is 0 Å². The molecule has 0 radical (unpaired) electrons. The molecule has 0 bridgehead atoms. The minimum absolute atomic E-state index is 0.0261. The summed E-state index contributed by atoms with van der Waals surface area (Å²) in [6.07, 6.45) is 5.09. The maximum atomic E-state index is 11.8. The van der Waals surface area contributed by atoms with Crippen LogP contribution in [0.15, 0.2) is 23.9 Å². The molecule has 23 heavy (non-hydrogen) atoms. The zero-order chi connectivity index (χ0) is 17.8. The fourth-order valence-electron chi connectivity index (χ4n) is 1.85. The van der Waals surface area contributed by atoms with E-state index in [0.717, 1.165) is 5.70 Å². The molecular weight excluding hydrogens is 321 g/mol. The third-order valence-corrected chi connectivity index (χ3v) is 2.59. The van der Waals surface area contributed by atoms with E-state index < -0.39 is 13.3 Å². The quantitative estimate of drug-likeness (QED) is 0.233. The molecule has 7 nitrogen and oxygen atoms in total. The molecule has 2 aliphatic rings. The first kappa shape index (κ1) is 19.0. The number of hydrogen-bond donors (Lipinski definition) is 2. The number of nitrogens with zero attached hydrogens (tertiary/aromatic N) is 3. The minimum atomic E-state index is -6.00. The molecule has 12 heteroatoms. The second-order valence-electron chi connectivity index (χ2n) is 5.01. The van der Waals surface area contributed by atoms with E-state index in [1.165, 1.54) is 11.2 Å². The lowest BCUT2D eigenvalue weighted by Crippen LogP contribution is -2.48. The molecule has 2 rings (SSSR count). The highest BCUT2D eigenvalue weighted by Crippen LogP contribution is 2.17. The largest absolute Gasteiger partial charge is 0.673 e. The molecule has 1 unspecified atom stereocenters. The minimum Gasteiger partial charge on any atom is -0.418 e. The van der Waals surface area contributed by atoms with Gasteiger partial charge < -0.3 is 27.5 Å². The van der Waals surface area contributed by atoms with E-state index in [2.05, 4.69) is 11.0 Å². The third kappa shape index (κ3) is 5.91. The van der Waals surface area contributed by atoms with Crippen LogP contribution in [0, 0.1) is 0 Å². The van der Waals surface area contributed by atoms with Crippen LogP contribution >= 0.6 is 0 Å². The summed E-state index contributed by atoms with van der Waals surface area (Å²) in [7, 11) is 1.49. The van der Waals surface area contributed by atoms with Gasteiger partial charge in [0.1, 0.15) is 0 Å². The highest BCUT2D eigenvalue weighted by molar-refractivity contribution is 6.50. The second kappa shape index (κ2) is 7.46. The average molecular weight is 339 g/mol. The second-order valence-corrected chi connectivity index (χ2v) is 5.01. The Balaban J connectivity index is 0.000000463. The molecule has 1 aliphatic carbocycles. The van der Waals surface area contributed by atoms with E-state index in [4.69, 9.17) is 4.84 Å². The predicted molar refractivity (Wildman–Crippen MR) is 76.2 cm³/mol. The van der Waals surface area contributed by atoms with Crippen molar-refractivity contribution in [1.82, 2.24) is 21.0 Å². The SMILES string of the molecule is CN(C)C(ON1NNC2=CC=CC(=O)C21)=[N+](C)C.F[B-](F)(F)F. The Morgan fingerprint density at radius 1 is 1.35 bits per heavy atom. The van der Waals surface area contributed by atoms with E-state index in [1.54, 1.807) is 6.08 Å².